The number of nitrogens with one attached hydrogen (secondary N) is 2. The van der Waals surface area contributed by atoms with Crippen LogP contribution in [-0.4, -0.2) is 50.1 Å². The van der Waals surface area contributed by atoms with E-state index >= 15 is 0 Å². The van der Waals surface area contributed by atoms with Gasteiger partial charge in [-0.05, 0) is 42.8 Å². The van der Waals surface area contributed by atoms with Crippen molar-refractivity contribution in [3.63, 3.8) is 0 Å². The number of amides is 4. The molecule has 31 heavy (non-hydrogen) atoms. The fourth-order valence-corrected chi connectivity index (χ4v) is 3.01. The topological polar surface area (TPSA) is 106 Å². The minimum absolute atomic E-state index is 0.0581. The van der Waals surface area contributed by atoms with Crippen LogP contribution in [0.3, 0.4) is 0 Å². The molecular formula is C22H23N3O6. The summed E-state index contributed by atoms with van der Waals surface area (Å²) in [5.41, 5.74) is 1.13. The summed E-state index contributed by atoms with van der Waals surface area (Å²) in [5, 5.41) is 5.14. The van der Waals surface area contributed by atoms with Gasteiger partial charge in [0, 0.05) is 0 Å². The summed E-state index contributed by atoms with van der Waals surface area (Å²) >= 11 is 0. The van der Waals surface area contributed by atoms with Crippen LogP contribution in [-0.2, 0) is 9.59 Å². The maximum absolute atomic E-state index is 12.7. The lowest BCUT2D eigenvalue weighted by atomic mass is 10.1. The molecule has 2 aromatic carbocycles. The molecule has 0 spiro atoms. The van der Waals surface area contributed by atoms with Crippen LogP contribution in [0.1, 0.15) is 12.5 Å². The molecule has 0 saturated carbocycles. The van der Waals surface area contributed by atoms with Crippen LogP contribution in [0.4, 0.5) is 10.5 Å². The average molecular weight is 425 g/mol. The number of hydrogen-bond donors (Lipinski definition) is 2. The third-order valence-corrected chi connectivity index (χ3v) is 4.44. The Bertz CT molecular complexity index is 1030. The highest BCUT2D eigenvalue weighted by Gasteiger charge is 2.35. The molecule has 0 aliphatic carbocycles. The Kier molecular flexibility index (Phi) is 6.76. The van der Waals surface area contributed by atoms with E-state index in [9.17, 15) is 14.4 Å². The fourth-order valence-electron chi connectivity index (χ4n) is 3.01. The van der Waals surface area contributed by atoms with Gasteiger partial charge in [-0.3, -0.25) is 9.59 Å². The number of carbonyl (C=O) groups is 3. The van der Waals surface area contributed by atoms with Gasteiger partial charge in [-0.25, -0.2) is 9.69 Å². The number of benzene rings is 2. The van der Waals surface area contributed by atoms with Crippen molar-refractivity contribution in [1.82, 2.24) is 10.2 Å². The Labute approximate surface area is 179 Å². The molecule has 0 radical (unpaired) electrons. The van der Waals surface area contributed by atoms with Crippen molar-refractivity contribution in [3.8, 4) is 17.2 Å². The summed E-state index contributed by atoms with van der Waals surface area (Å²) in [4.78, 5) is 38.2. The van der Waals surface area contributed by atoms with Gasteiger partial charge in [0.05, 0.1) is 26.5 Å². The monoisotopic (exact) mass is 425 g/mol. The van der Waals surface area contributed by atoms with E-state index < -0.39 is 24.4 Å². The molecule has 2 aromatic rings. The molecule has 162 valence electrons. The fraction of sp³-hybridized carbons (Fsp3) is 0.227. The molecular weight excluding hydrogens is 402 g/mol. The molecule has 1 fully saturated rings. The Balaban J connectivity index is 1.73. The van der Waals surface area contributed by atoms with E-state index in [1.54, 1.807) is 42.5 Å². The van der Waals surface area contributed by atoms with Crippen LogP contribution in [0.2, 0.25) is 0 Å². The smallest absolute Gasteiger partial charge is 0.329 e. The lowest BCUT2D eigenvalue weighted by Crippen LogP contribution is -2.38. The third-order valence-electron chi connectivity index (χ3n) is 4.44. The first-order chi connectivity index (χ1) is 15.0. The largest absolute Gasteiger partial charge is 0.495 e. The Morgan fingerprint density at radius 2 is 1.81 bits per heavy atom. The van der Waals surface area contributed by atoms with Crippen LogP contribution < -0.4 is 24.8 Å². The van der Waals surface area contributed by atoms with Crippen molar-refractivity contribution in [2.45, 2.75) is 6.92 Å². The van der Waals surface area contributed by atoms with Crippen molar-refractivity contribution in [3.05, 3.63) is 53.7 Å². The minimum Gasteiger partial charge on any atom is -0.495 e. The number of hydrogen-bond acceptors (Lipinski definition) is 6. The van der Waals surface area contributed by atoms with E-state index in [4.69, 9.17) is 14.2 Å². The molecule has 0 bridgehead atoms. The molecule has 4 amide bonds. The van der Waals surface area contributed by atoms with Crippen LogP contribution in [0.25, 0.3) is 6.08 Å². The second-order valence-corrected chi connectivity index (χ2v) is 6.47. The van der Waals surface area contributed by atoms with E-state index in [0.29, 0.717) is 35.1 Å². The summed E-state index contributed by atoms with van der Waals surface area (Å²) in [6.45, 7) is 1.85. The zero-order valence-electron chi connectivity index (χ0n) is 17.4. The molecule has 0 atom stereocenters. The Morgan fingerprint density at radius 3 is 2.52 bits per heavy atom. The quantitative estimate of drug-likeness (QED) is 0.498. The van der Waals surface area contributed by atoms with Gasteiger partial charge in [0.2, 0.25) is 5.91 Å². The zero-order chi connectivity index (χ0) is 22.4. The number of nitrogens with zero attached hydrogens (tertiary/aromatic N) is 1. The van der Waals surface area contributed by atoms with E-state index in [2.05, 4.69) is 10.6 Å². The van der Waals surface area contributed by atoms with Gasteiger partial charge in [0.1, 0.15) is 18.0 Å². The molecule has 0 aromatic heterocycles. The summed E-state index contributed by atoms with van der Waals surface area (Å²) in [7, 11) is 3.01. The lowest BCUT2D eigenvalue weighted by molar-refractivity contribution is -0.127. The SMILES string of the molecule is CCOc1cc(/C=C2/NC(=O)N(CC(=O)Nc3ccccc3OC)C2=O)ccc1OC. The standard InChI is InChI=1S/C22H23N3O6/c1-4-31-19-12-14(9-10-18(19)30-3)11-16-21(27)25(22(28)24-16)13-20(26)23-15-7-5-6-8-17(15)29-2/h5-12H,4,13H2,1-3H3,(H,23,26)(H,24,28)/b16-11+. The van der Waals surface area contributed by atoms with Crippen LogP contribution in [0, 0.1) is 0 Å². The normalized spacial score (nSPS) is 14.4. The molecule has 1 saturated heterocycles. The van der Waals surface area contributed by atoms with Crippen LogP contribution >= 0.6 is 0 Å². The summed E-state index contributed by atoms with van der Waals surface area (Å²) < 4.78 is 16.0. The van der Waals surface area contributed by atoms with E-state index in [1.165, 1.54) is 20.3 Å². The highest BCUT2D eigenvalue weighted by Crippen LogP contribution is 2.29. The minimum atomic E-state index is -0.676. The Hall–Kier alpha value is -4.01. The zero-order valence-corrected chi connectivity index (χ0v) is 17.4. The first-order valence-electron chi connectivity index (χ1n) is 9.55. The second kappa shape index (κ2) is 9.66. The first-order valence-corrected chi connectivity index (χ1v) is 9.55. The number of methoxy groups -OCH3 is 2. The van der Waals surface area contributed by atoms with Crippen molar-refractivity contribution in [1.29, 1.82) is 0 Å². The van der Waals surface area contributed by atoms with E-state index in [1.807, 2.05) is 6.92 Å². The summed E-state index contributed by atoms with van der Waals surface area (Å²) in [6, 6.07) is 11.3. The maximum atomic E-state index is 12.7. The molecule has 9 heteroatoms. The number of ether oxygens (including phenoxy) is 3. The van der Waals surface area contributed by atoms with Gasteiger partial charge < -0.3 is 24.8 Å². The number of urea groups is 1. The molecule has 0 unspecified atom stereocenters. The van der Waals surface area contributed by atoms with E-state index in [0.717, 1.165) is 4.90 Å². The molecule has 3 rings (SSSR count). The van der Waals surface area contributed by atoms with Gasteiger partial charge in [0.25, 0.3) is 5.91 Å². The average Bonchev–Trinajstić information content (AvgIpc) is 3.02. The first kappa shape index (κ1) is 21.7. The lowest BCUT2D eigenvalue weighted by Gasteiger charge is -2.13. The predicted molar refractivity (Wildman–Crippen MR) is 114 cm³/mol. The van der Waals surface area contributed by atoms with Gasteiger partial charge in [-0.1, -0.05) is 18.2 Å². The second-order valence-electron chi connectivity index (χ2n) is 6.47. The molecule has 2 N–H and O–H groups in total. The van der Waals surface area contributed by atoms with Crippen molar-refractivity contribution in [2.75, 3.05) is 32.7 Å². The Morgan fingerprint density at radius 1 is 1.06 bits per heavy atom. The van der Waals surface area contributed by atoms with Gasteiger partial charge in [-0.15, -0.1) is 0 Å². The number of carbonyl (C=O) groups excluding carboxylic acids is 3. The highest BCUT2D eigenvalue weighted by molar-refractivity contribution is 6.16. The number of rotatable bonds is 8. The number of anilines is 1. The van der Waals surface area contributed by atoms with Crippen LogP contribution in [0.15, 0.2) is 48.2 Å². The highest BCUT2D eigenvalue weighted by atomic mass is 16.5. The predicted octanol–water partition coefficient (Wildman–Crippen LogP) is 2.63. The number of imide groups is 1. The van der Waals surface area contributed by atoms with E-state index in [-0.39, 0.29) is 5.70 Å². The van der Waals surface area contributed by atoms with Crippen LogP contribution in [0.5, 0.6) is 17.2 Å². The van der Waals surface area contributed by atoms with Crippen molar-refractivity contribution >= 4 is 29.6 Å². The molecule has 9 nitrogen and oxygen atoms in total. The number of para-hydroxylation sites is 2. The van der Waals surface area contributed by atoms with Gasteiger partial charge >= 0.3 is 6.03 Å². The van der Waals surface area contributed by atoms with Gasteiger partial charge in [0.15, 0.2) is 11.5 Å². The third kappa shape index (κ3) is 4.95. The van der Waals surface area contributed by atoms with Crippen molar-refractivity contribution < 1.29 is 28.6 Å². The van der Waals surface area contributed by atoms with Crippen molar-refractivity contribution in [2.24, 2.45) is 0 Å². The maximum Gasteiger partial charge on any atom is 0.329 e. The molecule has 1 aliphatic heterocycles. The molecule has 1 aliphatic rings. The summed E-state index contributed by atoms with van der Waals surface area (Å²) in [5.74, 6) is 0.411. The summed E-state index contributed by atoms with van der Waals surface area (Å²) in [6.07, 6.45) is 1.51. The molecule has 1 heterocycles. The van der Waals surface area contributed by atoms with Gasteiger partial charge in [-0.2, -0.15) is 0 Å².